The first kappa shape index (κ1) is 19.4. The quantitative estimate of drug-likeness (QED) is 0.678. The molecule has 2 aromatic rings. The lowest BCUT2D eigenvalue weighted by atomic mass is 9.93. The first-order chi connectivity index (χ1) is 13.2. The Morgan fingerprint density at radius 1 is 1.30 bits per heavy atom. The molecular formula is C22H26N2O2S. The smallest absolute Gasteiger partial charge is 0.243 e. The van der Waals surface area contributed by atoms with Gasteiger partial charge in [0.15, 0.2) is 0 Å². The minimum atomic E-state index is -0.0828. The van der Waals surface area contributed by atoms with Gasteiger partial charge >= 0.3 is 0 Å². The molecule has 0 bridgehead atoms. The molecular weight excluding hydrogens is 356 g/mol. The van der Waals surface area contributed by atoms with Gasteiger partial charge in [0.1, 0.15) is 6.54 Å². The maximum atomic E-state index is 13.2. The van der Waals surface area contributed by atoms with E-state index in [0.717, 1.165) is 18.4 Å². The average molecular weight is 383 g/mol. The van der Waals surface area contributed by atoms with Crippen molar-refractivity contribution in [3.63, 3.8) is 0 Å². The number of hydrogen-bond donors (Lipinski definition) is 0. The minimum absolute atomic E-state index is 0.00740. The molecule has 0 saturated carbocycles. The molecule has 1 aliphatic heterocycles. The summed E-state index contributed by atoms with van der Waals surface area (Å²) in [4.78, 5) is 30.5. The highest BCUT2D eigenvalue weighted by Gasteiger charge is 2.33. The number of carbonyl (C=O) groups excluding carboxylic acids is 2. The van der Waals surface area contributed by atoms with Gasteiger partial charge in [-0.1, -0.05) is 43.3 Å². The van der Waals surface area contributed by atoms with Gasteiger partial charge in [-0.25, -0.2) is 0 Å². The zero-order chi connectivity index (χ0) is 19.2. The van der Waals surface area contributed by atoms with Crippen molar-refractivity contribution in [1.82, 2.24) is 9.80 Å². The number of amides is 2. The van der Waals surface area contributed by atoms with Crippen molar-refractivity contribution in [2.75, 3.05) is 19.6 Å². The lowest BCUT2D eigenvalue weighted by molar-refractivity contribution is -0.141. The van der Waals surface area contributed by atoms with E-state index >= 15 is 0 Å². The van der Waals surface area contributed by atoms with Gasteiger partial charge in [-0.3, -0.25) is 9.59 Å². The Labute approximate surface area is 165 Å². The molecule has 1 atom stereocenters. The van der Waals surface area contributed by atoms with E-state index in [9.17, 15) is 9.59 Å². The molecule has 1 aromatic carbocycles. The van der Waals surface area contributed by atoms with E-state index in [0.29, 0.717) is 19.5 Å². The van der Waals surface area contributed by atoms with E-state index in [2.05, 4.69) is 30.2 Å². The number of thiophene rings is 1. The van der Waals surface area contributed by atoms with E-state index in [1.807, 2.05) is 30.0 Å². The Kier molecular flexibility index (Phi) is 6.45. The van der Waals surface area contributed by atoms with Crippen molar-refractivity contribution in [3.8, 4) is 0 Å². The monoisotopic (exact) mass is 382 g/mol. The zero-order valence-corrected chi connectivity index (χ0v) is 16.6. The second kappa shape index (κ2) is 9.00. The van der Waals surface area contributed by atoms with Crippen LogP contribution in [0.3, 0.4) is 0 Å². The Morgan fingerprint density at radius 2 is 2.07 bits per heavy atom. The zero-order valence-electron chi connectivity index (χ0n) is 15.8. The third kappa shape index (κ3) is 4.30. The molecule has 0 fully saturated rings. The largest absolute Gasteiger partial charge is 0.330 e. The van der Waals surface area contributed by atoms with Gasteiger partial charge in [0.2, 0.25) is 11.8 Å². The van der Waals surface area contributed by atoms with E-state index in [1.54, 1.807) is 22.3 Å². The fourth-order valence-electron chi connectivity index (χ4n) is 3.62. The molecule has 0 radical (unpaired) electrons. The van der Waals surface area contributed by atoms with Crippen LogP contribution in [-0.2, 0) is 16.0 Å². The summed E-state index contributed by atoms with van der Waals surface area (Å²) in [6, 6.07) is 12.2. The molecule has 142 valence electrons. The molecule has 1 aliphatic rings. The lowest BCUT2D eigenvalue weighted by Crippen LogP contribution is -2.46. The number of nitrogens with zero attached hydrogens (tertiary/aromatic N) is 2. The summed E-state index contributed by atoms with van der Waals surface area (Å²) in [5, 5.41) is 2.10. The molecule has 27 heavy (non-hydrogen) atoms. The second-order valence-corrected chi connectivity index (χ2v) is 7.76. The van der Waals surface area contributed by atoms with Crippen molar-refractivity contribution < 1.29 is 9.59 Å². The molecule has 1 aromatic heterocycles. The molecule has 2 heterocycles. The third-order valence-electron chi connectivity index (χ3n) is 4.89. The fourth-order valence-corrected chi connectivity index (χ4v) is 4.52. The van der Waals surface area contributed by atoms with Crippen LogP contribution in [0.2, 0.25) is 0 Å². The van der Waals surface area contributed by atoms with Gasteiger partial charge in [0.25, 0.3) is 0 Å². The predicted molar refractivity (Wildman–Crippen MR) is 110 cm³/mol. The number of benzene rings is 1. The highest BCUT2D eigenvalue weighted by Crippen LogP contribution is 2.37. The summed E-state index contributed by atoms with van der Waals surface area (Å²) in [5.41, 5.74) is 2.32. The van der Waals surface area contributed by atoms with Crippen LogP contribution in [0.25, 0.3) is 0 Å². The Bertz CT molecular complexity index is 800. The van der Waals surface area contributed by atoms with Crippen LogP contribution in [0, 0.1) is 0 Å². The molecule has 2 amide bonds. The standard InChI is InChI=1S/C22H26N2O2S/c1-3-8-20(25)23(13-4-2)16-21(26)24-14-11-19-18(12-15-27-19)22(24)17-9-6-5-7-10-17/h4-7,9-10,12,15,22H,2-3,8,11,13-14,16H2,1H3. The van der Waals surface area contributed by atoms with Gasteiger partial charge in [0.05, 0.1) is 6.04 Å². The van der Waals surface area contributed by atoms with Gasteiger partial charge in [-0.15, -0.1) is 17.9 Å². The topological polar surface area (TPSA) is 40.6 Å². The summed E-state index contributed by atoms with van der Waals surface area (Å²) in [6.45, 7) is 6.89. The maximum absolute atomic E-state index is 13.2. The molecule has 4 nitrogen and oxygen atoms in total. The van der Waals surface area contributed by atoms with Crippen LogP contribution in [0.4, 0.5) is 0 Å². The molecule has 3 rings (SSSR count). The van der Waals surface area contributed by atoms with Crippen molar-refractivity contribution in [2.24, 2.45) is 0 Å². The molecule has 0 spiro atoms. The second-order valence-electron chi connectivity index (χ2n) is 6.76. The normalized spacial score (nSPS) is 15.9. The van der Waals surface area contributed by atoms with Crippen LogP contribution in [0.15, 0.2) is 54.4 Å². The van der Waals surface area contributed by atoms with Crippen LogP contribution >= 0.6 is 11.3 Å². The summed E-state index contributed by atoms with van der Waals surface area (Å²) in [5.74, 6) is 0.00208. The Morgan fingerprint density at radius 3 is 2.78 bits per heavy atom. The Hall–Kier alpha value is -2.40. The number of hydrogen-bond acceptors (Lipinski definition) is 3. The SMILES string of the molecule is C=CCN(CC(=O)N1CCc2sccc2C1c1ccccc1)C(=O)CCC. The van der Waals surface area contributed by atoms with Crippen LogP contribution in [0.1, 0.15) is 41.8 Å². The predicted octanol–water partition coefficient (Wildman–Crippen LogP) is 4.04. The lowest BCUT2D eigenvalue weighted by Gasteiger charge is -2.37. The van der Waals surface area contributed by atoms with Gasteiger partial charge < -0.3 is 9.80 Å². The van der Waals surface area contributed by atoms with Gasteiger partial charge in [-0.2, -0.15) is 0 Å². The number of fused-ring (bicyclic) bond motifs is 1. The van der Waals surface area contributed by atoms with Gasteiger partial charge in [-0.05, 0) is 35.4 Å². The summed E-state index contributed by atoms with van der Waals surface area (Å²) in [6.07, 6.45) is 3.78. The van der Waals surface area contributed by atoms with E-state index < -0.39 is 0 Å². The highest BCUT2D eigenvalue weighted by molar-refractivity contribution is 7.10. The minimum Gasteiger partial charge on any atom is -0.330 e. The molecule has 0 aliphatic carbocycles. The Balaban J connectivity index is 1.86. The van der Waals surface area contributed by atoms with E-state index in [4.69, 9.17) is 0 Å². The third-order valence-corrected chi connectivity index (χ3v) is 5.89. The first-order valence-electron chi connectivity index (χ1n) is 9.45. The van der Waals surface area contributed by atoms with Crippen molar-refractivity contribution in [1.29, 1.82) is 0 Å². The summed E-state index contributed by atoms with van der Waals surface area (Å²) < 4.78 is 0. The number of carbonyl (C=O) groups is 2. The van der Waals surface area contributed by atoms with E-state index in [-0.39, 0.29) is 24.4 Å². The summed E-state index contributed by atoms with van der Waals surface area (Å²) in [7, 11) is 0. The average Bonchev–Trinajstić information content (AvgIpc) is 3.16. The van der Waals surface area contributed by atoms with Crippen molar-refractivity contribution in [2.45, 2.75) is 32.2 Å². The highest BCUT2D eigenvalue weighted by atomic mass is 32.1. The van der Waals surface area contributed by atoms with Gasteiger partial charge in [0, 0.05) is 24.4 Å². The van der Waals surface area contributed by atoms with Crippen LogP contribution in [0.5, 0.6) is 0 Å². The molecule has 0 saturated heterocycles. The maximum Gasteiger partial charge on any atom is 0.243 e. The van der Waals surface area contributed by atoms with Crippen molar-refractivity contribution in [3.05, 3.63) is 70.4 Å². The summed E-state index contributed by atoms with van der Waals surface area (Å²) >= 11 is 1.76. The van der Waals surface area contributed by atoms with Crippen LogP contribution < -0.4 is 0 Å². The van der Waals surface area contributed by atoms with Crippen LogP contribution in [-0.4, -0.2) is 41.2 Å². The molecule has 1 unspecified atom stereocenters. The van der Waals surface area contributed by atoms with E-state index in [1.165, 1.54) is 10.4 Å². The first-order valence-corrected chi connectivity index (χ1v) is 10.3. The fraction of sp³-hybridized carbons (Fsp3) is 0.364. The molecule has 0 N–H and O–H groups in total. The van der Waals surface area contributed by atoms with Crippen molar-refractivity contribution >= 4 is 23.2 Å². The number of rotatable bonds is 7. The molecule has 5 heteroatoms.